The molecule has 4 heterocycles. The molecule has 342 valence electrons. The highest BCUT2D eigenvalue weighted by molar-refractivity contribution is 6.36. The largest absolute Gasteiger partial charge is 0.491 e. The van der Waals surface area contributed by atoms with E-state index in [0.717, 1.165) is 45.6 Å². The summed E-state index contributed by atoms with van der Waals surface area (Å²) >= 11 is 7.11. The van der Waals surface area contributed by atoms with E-state index < -0.39 is 53.0 Å². The number of piperazine rings is 1. The van der Waals surface area contributed by atoms with Crippen LogP contribution in [0.3, 0.4) is 0 Å². The van der Waals surface area contributed by atoms with E-state index in [9.17, 15) is 24.3 Å². The zero-order chi connectivity index (χ0) is 44.8. The molecule has 1 aromatic carbocycles. The van der Waals surface area contributed by atoms with E-state index in [1.807, 2.05) is 53.7 Å². The standard InChI is InChI=1S/C45H62ClN9O8/c1-7-28-23-45(28,42(58)59)51-40(56)32-21-30(24-54(32)41(57)39(44(4,5)6)50-43(60)63-29-19-26-18-27(26)20-29)62-34-22-36(55-13-10-35(52-55)48-25(2)3)49-38-31(34)8-9-33(37(38)46)61-17-16-53-14-11-47-12-15-53/h8-10,13,22,25-30,32,39,47H,7,11-12,14-21,23-24H2,1-6H3,(H,48,52)(H,50,60)(H,51,56)(H,58,59)/t26-,27+,28-,29?,30-,32+,39-,45-/m1/s1. The maximum Gasteiger partial charge on any atom is 0.408 e. The van der Waals surface area contributed by atoms with Gasteiger partial charge in [0.05, 0.1) is 12.1 Å². The molecule has 3 saturated carbocycles. The minimum atomic E-state index is -1.42. The molecule has 2 saturated heterocycles. The predicted octanol–water partition coefficient (Wildman–Crippen LogP) is 4.84. The Hall–Kier alpha value is -4.87. The number of amides is 3. The molecule has 18 heteroatoms. The monoisotopic (exact) mass is 891 g/mol. The minimum absolute atomic E-state index is 0.0339. The van der Waals surface area contributed by atoms with Gasteiger partial charge in [0.15, 0.2) is 5.82 Å². The van der Waals surface area contributed by atoms with Crippen molar-refractivity contribution in [1.82, 2.24) is 40.5 Å². The fraction of sp³-hybridized carbons (Fsp3) is 0.644. The van der Waals surface area contributed by atoms with E-state index in [4.69, 9.17) is 35.9 Å². The number of halogens is 1. The second-order valence-corrected chi connectivity index (χ2v) is 19.8. The summed E-state index contributed by atoms with van der Waals surface area (Å²) in [5.41, 5.74) is -1.79. The van der Waals surface area contributed by atoms with Crippen molar-refractivity contribution in [3.05, 3.63) is 35.5 Å². The summed E-state index contributed by atoms with van der Waals surface area (Å²) < 4.78 is 20.4. The number of carboxylic acids is 1. The number of pyridine rings is 1. The average Bonchev–Trinajstić information content (AvgIpc) is 3.91. The van der Waals surface area contributed by atoms with Crippen molar-refractivity contribution in [2.75, 3.05) is 51.2 Å². The second-order valence-electron chi connectivity index (χ2n) is 19.4. The quantitative estimate of drug-likeness (QED) is 0.131. The Morgan fingerprint density at radius 3 is 2.44 bits per heavy atom. The number of anilines is 1. The number of nitrogens with one attached hydrogen (secondary N) is 4. The number of likely N-dealkylation sites (tertiary alicyclic amines) is 1. The van der Waals surface area contributed by atoms with Crippen LogP contribution in [0.25, 0.3) is 16.7 Å². The van der Waals surface area contributed by atoms with Crippen molar-refractivity contribution in [3.8, 4) is 17.3 Å². The molecule has 0 spiro atoms. The minimum Gasteiger partial charge on any atom is -0.491 e. The van der Waals surface area contributed by atoms with E-state index in [-0.39, 0.29) is 31.0 Å². The number of carboxylic acid groups (broad SMARTS) is 1. The molecular formula is C45H62ClN9O8. The highest BCUT2D eigenvalue weighted by Crippen LogP contribution is 2.52. The van der Waals surface area contributed by atoms with Crippen LogP contribution >= 0.6 is 11.6 Å². The van der Waals surface area contributed by atoms with Crippen LogP contribution in [0, 0.1) is 23.2 Å². The molecule has 0 bridgehead atoms. The molecule has 3 aromatic rings. The van der Waals surface area contributed by atoms with Gasteiger partial charge in [0.25, 0.3) is 0 Å². The molecular weight excluding hydrogens is 830 g/mol. The molecule has 5 fully saturated rings. The van der Waals surface area contributed by atoms with Gasteiger partial charge >= 0.3 is 12.1 Å². The number of rotatable bonds is 16. The van der Waals surface area contributed by atoms with Gasteiger partial charge in [0.2, 0.25) is 11.8 Å². The van der Waals surface area contributed by atoms with Crippen molar-refractivity contribution in [2.45, 2.75) is 116 Å². The van der Waals surface area contributed by atoms with Crippen molar-refractivity contribution in [1.29, 1.82) is 0 Å². The first kappa shape index (κ1) is 44.7. The number of alkyl carbamates (subject to hydrolysis) is 1. The third-order valence-corrected chi connectivity index (χ3v) is 13.7. The Labute approximate surface area is 373 Å². The van der Waals surface area contributed by atoms with Gasteiger partial charge in [0, 0.05) is 68.9 Å². The van der Waals surface area contributed by atoms with E-state index in [2.05, 4.69) is 26.2 Å². The Kier molecular flexibility index (Phi) is 12.7. The number of ether oxygens (including phenoxy) is 3. The summed E-state index contributed by atoms with van der Waals surface area (Å²) in [6.45, 7) is 16.3. The van der Waals surface area contributed by atoms with Crippen LogP contribution in [-0.2, 0) is 19.1 Å². The lowest BCUT2D eigenvalue weighted by Crippen LogP contribution is -2.59. The van der Waals surface area contributed by atoms with Crippen LogP contribution in [0.5, 0.6) is 11.5 Å². The molecule has 8 rings (SSSR count). The highest BCUT2D eigenvalue weighted by Gasteiger charge is 2.61. The summed E-state index contributed by atoms with van der Waals surface area (Å²) in [5, 5.41) is 28.1. The SMILES string of the molecule is CC[C@@H]1C[C@]1(NC(=O)[C@@H]1C[C@@H](Oc2cc(-n3ccc(NC(C)C)n3)nc3c(Cl)c(OCCN4CCNCC4)ccc23)CN1C(=O)[C@@H](NC(=O)OC1C[C@@H]2C[C@@H]2C1)C(C)(C)C)C(=O)O. The van der Waals surface area contributed by atoms with Gasteiger partial charge in [-0.2, -0.15) is 0 Å². The molecule has 3 aliphatic carbocycles. The number of carbonyl (C=O) groups excluding carboxylic acids is 3. The maximum atomic E-state index is 14.8. The smallest absolute Gasteiger partial charge is 0.408 e. The van der Waals surface area contributed by atoms with Crippen molar-refractivity contribution in [3.63, 3.8) is 0 Å². The molecule has 1 unspecified atom stereocenters. The molecule has 5 N–H and O–H groups in total. The number of aliphatic carboxylic acids is 1. The number of fused-ring (bicyclic) bond motifs is 2. The summed E-state index contributed by atoms with van der Waals surface area (Å²) in [6.07, 6.45) is 3.88. The van der Waals surface area contributed by atoms with Gasteiger partial charge in [-0.25, -0.2) is 19.3 Å². The Morgan fingerprint density at radius 2 is 1.78 bits per heavy atom. The highest BCUT2D eigenvalue weighted by atomic mass is 35.5. The van der Waals surface area contributed by atoms with E-state index in [1.54, 1.807) is 23.0 Å². The zero-order valence-corrected chi connectivity index (χ0v) is 37.9. The average molecular weight is 892 g/mol. The number of benzene rings is 1. The number of hydrogen-bond donors (Lipinski definition) is 5. The van der Waals surface area contributed by atoms with Crippen LogP contribution in [0.1, 0.15) is 80.1 Å². The summed E-state index contributed by atoms with van der Waals surface area (Å²) in [6, 6.07) is 5.16. The first-order valence-electron chi connectivity index (χ1n) is 22.5. The molecule has 2 aromatic heterocycles. The lowest BCUT2D eigenvalue weighted by molar-refractivity contribution is -0.146. The molecule has 8 atom stereocenters. The molecule has 2 aliphatic heterocycles. The molecule has 5 aliphatic rings. The predicted molar refractivity (Wildman–Crippen MR) is 236 cm³/mol. The normalized spacial score (nSPS) is 27.1. The zero-order valence-electron chi connectivity index (χ0n) is 37.1. The number of aromatic nitrogens is 3. The van der Waals surface area contributed by atoms with E-state index in [1.165, 1.54) is 11.3 Å². The lowest BCUT2D eigenvalue weighted by atomic mass is 9.85. The third kappa shape index (κ3) is 9.80. The first-order chi connectivity index (χ1) is 30.0. The summed E-state index contributed by atoms with van der Waals surface area (Å²) in [5.74, 6) is 0.661. The lowest BCUT2D eigenvalue weighted by Gasteiger charge is -2.35. The Bertz CT molecular complexity index is 2200. The molecule has 17 nitrogen and oxygen atoms in total. The van der Waals surface area contributed by atoms with Gasteiger partial charge in [-0.3, -0.25) is 14.5 Å². The van der Waals surface area contributed by atoms with Gasteiger partial charge in [-0.1, -0.05) is 45.7 Å². The molecule has 3 amide bonds. The second kappa shape index (κ2) is 18.0. The van der Waals surface area contributed by atoms with Crippen molar-refractivity contribution >= 4 is 52.2 Å². The van der Waals surface area contributed by atoms with Gasteiger partial charge in [-0.15, -0.1) is 5.10 Å². The van der Waals surface area contributed by atoms with Crippen LogP contribution in [-0.4, -0.2) is 135 Å². The summed E-state index contributed by atoms with van der Waals surface area (Å²) in [7, 11) is 0. The molecule has 0 radical (unpaired) electrons. The van der Waals surface area contributed by atoms with Crippen LogP contribution < -0.4 is 30.7 Å². The number of hydrogen-bond acceptors (Lipinski definition) is 12. The Morgan fingerprint density at radius 1 is 1.03 bits per heavy atom. The fourth-order valence-electron chi connectivity index (χ4n) is 9.59. The summed E-state index contributed by atoms with van der Waals surface area (Å²) in [4.78, 5) is 63.7. The van der Waals surface area contributed by atoms with Gasteiger partial charge in [-0.05, 0) is 74.8 Å². The fourth-order valence-corrected chi connectivity index (χ4v) is 9.85. The van der Waals surface area contributed by atoms with E-state index >= 15 is 0 Å². The van der Waals surface area contributed by atoms with Gasteiger partial charge < -0.3 is 45.5 Å². The van der Waals surface area contributed by atoms with Gasteiger partial charge in [0.1, 0.15) is 58.8 Å². The maximum absolute atomic E-state index is 14.8. The Balaban J connectivity index is 1.09. The number of carbonyl (C=O) groups is 4. The van der Waals surface area contributed by atoms with Crippen LogP contribution in [0.2, 0.25) is 5.02 Å². The van der Waals surface area contributed by atoms with Crippen LogP contribution in [0.4, 0.5) is 10.6 Å². The number of nitrogens with zero attached hydrogens (tertiary/aromatic N) is 5. The molecule has 63 heavy (non-hydrogen) atoms. The third-order valence-electron chi connectivity index (χ3n) is 13.3. The van der Waals surface area contributed by atoms with Crippen molar-refractivity contribution in [2.24, 2.45) is 23.2 Å². The first-order valence-corrected chi connectivity index (χ1v) is 22.9. The topological polar surface area (TPSA) is 202 Å². The van der Waals surface area contributed by atoms with Crippen molar-refractivity contribution < 1.29 is 38.5 Å². The van der Waals surface area contributed by atoms with Crippen LogP contribution in [0.15, 0.2) is 30.5 Å². The van der Waals surface area contributed by atoms with E-state index in [0.29, 0.717) is 70.3 Å².